The maximum absolute atomic E-state index is 4.32. The van der Waals surface area contributed by atoms with Gasteiger partial charge in [0.15, 0.2) is 5.65 Å². The molecule has 2 aromatic rings. The Kier molecular flexibility index (Phi) is 1.98. The smallest absolute Gasteiger partial charge is 0.158 e. The monoisotopic (exact) mass is 190 g/mol. The number of hydrogen-bond acceptors (Lipinski definition) is 3. The summed E-state index contributed by atoms with van der Waals surface area (Å²) in [6.45, 7) is 6.59. The fraction of sp³-hybridized carbons (Fsp3) is 0.500. The van der Waals surface area contributed by atoms with Crippen LogP contribution in [0.5, 0.6) is 0 Å². The Morgan fingerprint density at radius 1 is 1.29 bits per heavy atom. The zero-order valence-electron chi connectivity index (χ0n) is 8.73. The molecule has 0 aliphatic carbocycles. The van der Waals surface area contributed by atoms with Gasteiger partial charge >= 0.3 is 0 Å². The van der Waals surface area contributed by atoms with Gasteiger partial charge in [-0.2, -0.15) is 5.10 Å². The van der Waals surface area contributed by atoms with Crippen LogP contribution in [0.2, 0.25) is 0 Å². The van der Waals surface area contributed by atoms with Crippen LogP contribution in [0, 0.1) is 5.41 Å². The van der Waals surface area contributed by atoms with Crippen molar-refractivity contribution in [2.75, 3.05) is 0 Å². The van der Waals surface area contributed by atoms with Gasteiger partial charge in [0.25, 0.3) is 0 Å². The molecule has 0 radical (unpaired) electrons. The Morgan fingerprint density at radius 2 is 2.07 bits per heavy atom. The highest BCUT2D eigenvalue weighted by atomic mass is 15.3. The molecule has 2 aromatic heterocycles. The van der Waals surface area contributed by atoms with Gasteiger partial charge in [0, 0.05) is 11.8 Å². The largest absolute Gasteiger partial charge is 0.241 e. The lowest BCUT2D eigenvalue weighted by Crippen LogP contribution is -2.10. The van der Waals surface area contributed by atoms with Crippen molar-refractivity contribution in [1.82, 2.24) is 19.6 Å². The first-order valence-corrected chi connectivity index (χ1v) is 4.69. The number of rotatable bonds is 1. The fourth-order valence-electron chi connectivity index (χ4n) is 1.41. The van der Waals surface area contributed by atoms with Crippen molar-refractivity contribution in [3.63, 3.8) is 0 Å². The van der Waals surface area contributed by atoms with E-state index in [0.29, 0.717) is 0 Å². The van der Waals surface area contributed by atoms with E-state index in [1.165, 1.54) is 6.33 Å². The van der Waals surface area contributed by atoms with Crippen LogP contribution < -0.4 is 0 Å². The van der Waals surface area contributed by atoms with E-state index in [1.54, 1.807) is 10.8 Å². The second-order valence-electron chi connectivity index (χ2n) is 4.68. The Hall–Kier alpha value is -1.45. The van der Waals surface area contributed by atoms with Crippen LogP contribution in [0.25, 0.3) is 5.65 Å². The molecule has 0 aliphatic rings. The molecule has 0 atom stereocenters. The Labute approximate surface area is 83.0 Å². The SMILES string of the molecule is CC(C)(C)Cc1cc2ncnn2cn1. The summed E-state index contributed by atoms with van der Waals surface area (Å²) in [5.74, 6) is 0. The lowest BCUT2D eigenvalue weighted by molar-refractivity contribution is 0.406. The second-order valence-corrected chi connectivity index (χ2v) is 4.68. The number of fused-ring (bicyclic) bond motifs is 1. The summed E-state index contributed by atoms with van der Waals surface area (Å²) in [7, 11) is 0. The van der Waals surface area contributed by atoms with E-state index < -0.39 is 0 Å². The average molecular weight is 190 g/mol. The Morgan fingerprint density at radius 3 is 2.79 bits per heavy atom. The molecule has 2 heterocycles. The lowest BCUT2D eigenvalue weighted by atomic mass is 9.90. The van der Waals surface area contributed by atoms with Crippen LogP contribution in [-0.4, -0.2) is 19.6 Å². The van der Waals surface area contributed by atoms with Gasteiger partial charge in [-0.05, 0) is 11.8 Å². The molecule has 14 heavy (non-hydrogen) atoms. The molecule has 2 rings (SSSR count). The van der Waals surface area contributed by atoms with Gasteiger partial charge in [0.1, 0.15) is 12.7 Å². The molecule has 0 saturated heterocycles. The van der Waals surface area contributed by atoms with Gasteiger partial charge < -0.3 is 0 Å². The van der Waals surface area contributed by atoms with Gasteiger partial charge in [-0.3, -0.25) is 0 Å². The molecular weight excluding hydrogens is 176 g/mol. The van der Waals surface area contributed by atoms with Gasteiger partial charge in [-0.15, -0.1) is 0 Å². The first-order chi connectivity index (χ1) is 6.54. The summed E-state index contributed by atoms with van der Waals surface area (Å²) >= 11 is 0. The lowest BCUT2D eigenvalue weighted by Gasteiger charge is -2.16. The topological polar surface area (TPSA) is 43.1 Å². The van der Waals surface area contributed by atoms with Crippen LogP contribution in [0.4, 0.5) is 0 Å². The third kappa shape index (κ3) is 1.89. The molecular formula is C10H14N4. The van der Waals surface area contributed by atoms with E-state index in [-0.39, 0.29) is 5.41 Å². The first-order valence-electron chi connectivity index (χ1n) is 4.69. The minimum absolute atomic E-state index is 0.255. The summed E-state index contributed by atoms with van der Waals surface area (Å²) in [4.78, 5) is 8.45. The standard InChI is InChI=1S/C10H14N4/c1-10(2,3)5-8-4-9-11-6-13-14(9)7-12-8/h4,6-7H,5H2,1-3H3. The zero-order valence-corrected chi connectivity index (χ0v) is 8.73. The van der Waals surface area contributed by atoms with Crippen molar-refractivity contribution in [1.29, 1.82) is 0 Å². The first kappa shape index (κ1) is 9.12. The highest BCUT2D eigenvalue weighted by Crippen LogP contribution is 2.19. The highest BCUT2D eigenvalue weighted by Gasteiger charge is 2.12. The average Bonchev–Trinajstić information content (AvgIpc) is 2.47. The van der Waals surface area contributed by atoms with Crippen LogP contribution in [0.3, 0.4) is 0 Å². The summed E-state index contributed by atoms with van der Waals surface area (Å²) in [5.41, 5.74) is 2.18. The van der Waals surface area contributed by atoms with E-state index in [9.17, 15) is 0 Å². The molecule has 0 amide bonds. The summed E-state index contributed by atoms with van der Waals surface area (Å²) in [6.07, 6.45) is 4.21. The molecule has 0 spiro atoms. The molecule has 0 aromatic carbocycles. The molecule has 0 N–H and O–H groups in total. The van der Waals surface area contributed by atoms with Gasteiger partial charge in [-0.25, -0.2) is 14.5 Å². The van der Waals surface area contributed by atoms with Crippen molar-refractivity contribution in [2.45, 2.75) is 27.2 Å². The normalized spacial score (nSPS) is 12.2. The summed E-state index contributed by atoms with van der Waals surface area (Å²) < 4.78 is 1.67. The van der Waals surface area contributed by atoms with Gasteiger partial charge in [0.05, 0.1) is 0 Å². The minimum atomic E-state index is 0.255. The molecule has 4 heteroatoms. The third-order valence-corrected chi connectivity index (χ3v) is 1.94. The van der Waals surface area contributed by atoms with Crippen molar-refractivity contribution in [2.24, 2.45) is 5.41 Å². The molecule has 0 fully saturated rings. The molecule has 0 saturated carbocycles. The van der Waals surface area contributed by atoms with Gasteiger partial charge in [0.2, 0.25) is 0 Å². The minimum Gasteiger partial charge on any atom is -0.241 e. The van der Waals surface area contributed by atoms with Crippen LogP contribution in [0.1, 0.15) is 26.5 Å². The predicted octanol–water partition coefficient (Wildman–Crippen LogP) is 1.71. The molecule has 0 aliphatic heterocycles. The summed E-state index contributed by atoms with van der Waals surface area (Å²) in [6, 6.07) is 1.98. The number of aromatic nitrogens is 4. The maximum Gasteiger partial charge on any atom is 0.158 e. The van der Waals surface area contributed by atoms with Crippen molar-refractivity contribution in [3.05, 3.63) is 24.4 Å². The van der Waals surface area contributed by atoms with Crippen LogP contribution in [0.15, 0.2) is 18.7 Å². The van der Waals surface area contributed by atoms with E-state index in [1.807, 2.05) is 6.07 Å². The van der Waals surface area contributed by atoms with Crippen molar-refractivity contribution < 1.29 is 0 Å². The Bertz CT molecular complexity index is 439. The van der Waals surface area contributed by atoms with Crippen molar-refractivity contribution >= 4 is 5.65 Å². The zero-order chi connectivity index (χ0) is 10.2. The second kappa shape index (κ2) is 3.04. The van der Waals surface area contributed by atoms with Crippen LogP contribution >= 0.6 is 0 Å². The highest BCUT2D eigenvalue weighted by molar-refractivity contribution is 5.36. The van der Waals surface area contributed by atoms with E-state index in [4.69, 9.17) is 0 Å². The summed E-state index contributed by atoms with van der Waals surface area (Å²) in [5, 5.41) is 4.00. The molecule has 4 nitrogen and oxygen atoms in total. The number of nitrogens with zero attached hydrogens (tertiary/aromatic N) is 4. The molecule has 0 unspecified atom stereocenters. The van der Waals surface area contributed by atoms with Crippen molar-refractivity contribution in [3.8, 4) is 0 Å². The molecule has 74 valence electrons. The fourth-order valence-corrected chi connectivity index (χ4v) is 1.41. The van der Waals surface area contributed by atoms with E-state index in [2.05, 4.69) is 35.8 Å². The predicted molar refractivity (Wildman–Crippen MR) is 53.9 cm³/mol. The molecule has 0 bridgehead atoms. The van der Waals surface area contributed by atoms with Crippen LogP contribution in [-0.2, 0) is 6.42 Å². The van der Waals surface area contributed by atoms with E-state index >= 15 is 0 Å². The quantitative estimate of drug-likeness (QED) is 0.687. The number of hydrogen-bond donors (Lipinski definition) is 0. The third-order valence-electron chi connectivity index (χ3n) is 1.94. The van der Waals surface area contributed by atoms with Gasteiger partial charge in [-0.1, -0.05) is 20.8 Å². The van der Waals surface area contributed by atoms with E-state index in [0.717, 1.165) is 17.8 Å². The Balaban J connectivity index is 2.35. The maximum atomic E-state index is 4.32.